The predicted octanol–water partition coefficient (Wildman–Crippen LogP) is 1.03. The molecule has 4 heteroatoms. The maximum absolute atomic E-state index is 12.9. The van der Waals surface area contributed by atoms with Gasteiger partial charge >= 0.3 is 0 Å². The second kappa shape index (κ2) is 1.32. The lowest BCUT2D eigenvalue weighted by Gasteiger charge is -1.92. The number of halogens is 1. The van der Waals surface area contributed by atoms with E-state index in [1.54, 1.807) is 0 Å². The van der Waals surface area contributed by atoms with E-state index in [0.29, 0.717) is 12.8 Å². The lowest BCUT2D eigenvalue weighted by atomic mass is 10.4. The minimum absolute atomic E-state index is 0.127. The Morgan fingerprint density at radius 1 is 1.67 bits per heavy atom. The first kappa shape index (κ1) is 4.90. The van der Waals surface area contributed by atoms with Crippen molar-refractivity contribution in [2.45, 2.75) is 18.5 Å². The summed E-state index contributed by atoms with van der Waals surface area (Å²) >= 11 is 0. The van der Waals surface area contributed by atoms with Gasteiger partial charge in [0.15, 0.2) is 5.67 Å². The minimum atomic E-state index is -1.27. The van der Waals surface area contributed by atoms with Crippen LogP contribution in [-0.4, -0.2) is 10.2 Å². The Hall–Kier alpha value is -0.930. The van der Waals surface area contributed by atoms with E-state index in [1.807, 2.05) is 0 Å². The zero-order valence-corrected chi connectivity index (χ0v) is 4.67. The minimum Gasteiger partial charge on any atom is -0.425 e. The van der Waals surface area contributed by atoms with Crippen LogP contribution in [0.4, 0.5) is 4.39 Å². The molecule has 0 bridgehead atoms. The van der Waals surface area contributed by atoms with Crippen molar-refractivity contribution in [2.75, 3.05) is 0 Å². The van der Waals surface area contributed by atoms with E-state index in [1.165, 1.54) is 0 Å². The van der Waals surface area contributed by atoms with Crippen LogP contribution in [0.25, 0.3) is 0 Å². The van der Waals surface area contributed by atoms with Crippen molar-refractivity contribution < 1.29 is 8.81 Å². The molecule has 3 nitrogen and oxygen atoms in total. The van der Waals surface area contributed by atoms with Gasteiger partial charge < -0.3 is 4.42 Å². The smallest absolute Gasteiger partial charge is 0.253 e. The highest BCUT2D eigenvalue weighted by atomic mass is 19.1. The first-order chi connectivity index (χ1) is 4.31. The summed E-state index contributed by atoms with van der Waals surface area (Å²) in [5, 5.41) is 6.83. The van der Waals surface area contributed by atoms with Gasteiger partial charge in [0.05, 0.1) is 0 Å². The van der Waals surface area contributed by atoms with Gasteiger partial charge in [0.1, 0.15) is 0 Å². The molecule has 0 spiro atoms. The van der Waals surface area contributed by atoms with Crippen LogP contribution >= 0.6 is 0 Å². The molecular formula is C5H5FN2O. The number of hydrogen-bond acceptors (Lipinski definition) is 3. The summed E-state index contributed by atoms with van der Waals surface area (Å²) < 4.78 is 17.5. The van der Waals surface area contributed by atoms with Crippen LogP contribution in [0, 0.1) is 0 Å². The van der Waals surface area contributed by atoms with Crippen molar-refractivity contribution in [1.82, 2.24) is 10.2 Å². The fourth-order valence-electron chi connectivity index (χ4n) is 0.692. The van der Waals surface area contributed by atoms with E-state index >= 15 is 0 Å². The molecule has 0 amide bonds. The van der Waals surface area contributed by atoms with Crippen LogP contribution in [0.5, 0.6) is 0 Å². The van der Waals surface area contributed by atoms with Crippen molar-refractivity contribution in [3.05, 3.63) is 12.3 Å². The molecule has 1 aromatic rings. The Balaban J connectivity index is 2.34. The number of nitrogens with zero attached hydrogens (tertiary/aromatic N) is 2. The number of alkyl halides is 1. The van der Waals surface area contributed by atoms with Crippen LogP contribution < -0.4 is 0 Å². The SMILES string of the molecule is FC1(c2nnco2)CC1. The summed E-state index contributed by atoms with van der Waals surface area (Å²) in [6, 6.07) is 0. The van der Waals surface area contributed by atoms with E-state index in [9.17, 15) is 4.39 Å². The van der Waals surface area contributed by atoms with E-state index in [4.69, 9.17) is 0 Å². The van der Waals surface area contributed by atoms with Crippen molar-refractivity contribution in [3.8, 4) is 0 Å². The van der Waals surface area contributed by atoms with Gasteiger partial charge in [-0.05, 0) is 12.8 Å². The molecular weight excluding hydrogens is 123 g/mol. The third-order valence-corrected chi connectivity index (χ3v) is 1.43. The summed E-state index contributed by atoms with van der Waals surface area (Å²) in [4.78, 5) is 0. The van der Waals surface area contributed by atoms with Crippen molar-refractivity contribution in [1.29, 1.82) is 0 Å². The topological polar surface area (TPSA) is 38.9 Å². The van der Waals surface area contributed by atoms with Crippen LogP contribution in [0.3, 0.4) is 0 Å². The molecule has 0 radical (unpaired) electrons. The predicted molar refractivity (Wildman–Crippen MR) is 26.3 cm³/mol. The molecule has 0 aromatic carbocycles. The van der Waals surface area contributed by atoms with E-state index < -0.39 is 5.67 Å². The highest BCUT2D eigenvalue weighted by Gasteiger charge is 2.49. The molecule has 9 heavy (non-hydrogen) atoms. The summed E-state index contributed by atoms with van der Waals surface area (Å²) in [5.41, 5.74) is -1.27. The summed E-state index contributed by atoms with van der Waals surface area (Å²) in [6.45, 7) is 0. The van der Waals surface area contributed by atoms with Gasteiger partial charge in [0.25, 0.3) is 5.89 Å². The maximum atomic E-state index is 12.9. The molecule has 1 fully saturated rings. The molecule has 1 aliphatic carbocycles. The highest BCUT2D eigenvalue weighted by molar-refractivity contribution is 5.05. The third kappa shape index (κ3) is 0.624. The average Bonchev–Trinajstić information content (AvgIpc) is 2.46. The van der Waals surface area contributed by atoms with Gasteiger partial charge in [-0.2, -0.15) is 0 Å². The summed E-state index contributed by atoms with van der Waals surface area (Å²) in [5.74, 6) is 0.127. The first-order valence-corrected chi connectivity index (χ1v) is 2.77. The Labute approximate surface area is 50.9 Å². The van der Waals surface area contributed by atoms with Crippen molar-refractivity contribution in [3.63, 3.8) is 0 Å². The van der Waals surface area contributed by atoms with Crippen molar-refractivity contribution in [2.24, 2.45) is 0 Å². The quantitative estimate of drug-likeness (QED) is 0.567. The fourth-order valence-corrected chi connectivity index (χ4v) is 0.692. The molecule has 48 valence electrons. The van der Waals surface area contributed by atoms with Gasteiger partial charge in [-0.1, -0.05) is 0 Å². The molecule has 2 rings (SSSR count). The Kier molecular flexibility index (Phi) is 0.717. The van der Waals surface area contributed by atoms with Crippen LogP contribution in [0.15, 0.2) is 10.8 Å². The third-order valence-electron chi connectivity index (χ3n) is 1.43. The van der Waals surface area contributed by atoms with Gasteiger partial charge in [-0.15, -0.1) is 10.2 Å². The summed E-state index contributed by atoms with van der Waals surface area (Å²) in [6.07, 6.45) is 2.19. The molecule has 0 aliphatic heterocycles. The second-order valence-corrected chi connectivity index (χ2v) is 2.21. The van der Waals surface area contributed by atoms with Crippen molar-refractivity contribution >= 4 is 0 Å². The number of aromatic nitrogens is 2. The molecule has 1 saturated carbocycles. The van der Waals surface area contributed by atoms with Crippen LogP contribution in [0.2, 0.25) is 0 Å². The van der Waals surface area contributed by atoms with Crippen LogP contribution in [-0.2, 0) is 5.67 Å². The standard InChI is InChI=1S/C5H5FN2O/c6-5(1-2-5)4-8-7-3-9-4/h3H,1-2H2. The fraction of sp³-hybridized carbons (Fsp3) is 0.600. The Morgan fingerprint density at radius 3 is 2.89 bits per heavy atom. The molecule has 1 heterocycles. The molecule has 0 unspecified atom stereocenters. The molecule has 0 atom stereocenters. The molecule has 0 saturated heterocycles. The average molecular weight is 128 g/mol. The lowest BCUT2D eigenvalue weighted by Crippen LogP contribution is -1.96. The zero-order valence-electron chi connectivity index (χ0n) is 4.67. The van der Waals surface area contributed by atoms with E-state index in [-0.39, 0.29) is 5.89 Å². The van der Waals surface area contributed by atoms with Gasteiger partial charge in [-0.25, -0.2) is 4.39 Å². The van der Waals surface area contributed by atoms with Gasteiger partial charge in [-0.3, -0.25) is 0 Å². The Morgan fingerprint density at radius 2 is 2.44 bits per heavy atom. The molecule has 1 aromatic heterocycles. The largest absolute Gasteiger partial charge is 0.425 e. The molecule has 1 aliphatic rings. The van der Waals surface area contributed by atoms with Gasteiger partial charge in [0, 0.05) is 0 Å². The van der Waals surface area contributed by atoms with E-state index in [0.717, 1.165) is 6.39 Å². The second-order valence-electron chi connectivity index (χ2n) is 2.21. The summed E-state index contributed by atoms with van der Waals surface area (Å²) in [7, 11) is 0. The zero-order chi connectivity index (χ0) is 6.32. The lowest BCUT2D eigenvalue weighted by molar-refractivity contribution is 0.251. The van der Waals surface area contributed by atoms with E-state index in [2.05, 4.69) is 14.6 Å². The monoisotopic (exact) mass is 128 g/mol. The number of hydrogen-bond donors (Lipinski definition) is 0. The Bertz CT molecular complexity index is 205. The molecule has 0 N–H and O–H groups in total. The highest BCUT2D eigenvalue weighted by Crippen LogP contribution is 2.48. The van der Waals surface area contributed by atoms with Gasteiger partial charge in [0.2, 0.25) is 6.39 Å². The van der Waals surface area contributed by atoms with Crippen LogP contribution in [0.1, 0.15) is 18.7 Å². The first-order valence-electron chi connectivity index (χ1n) is 2.77. The normalized spacial score (nSPS) is 21.9. The number of rotatable bonds is 1. The maximum Gasteiger partial charge on any atom is 0.253 e.